The van der Waals surface area contributed by atoms with E-state index in [1.54, 1.807) is 23.1 Å². The molecular weight excluding hydrogens is 309 g/mol. The van der Waals surface area contributed by atoms with Crippen LogP contribution in [0, 0.1) is 5.82 Å². The minimum atomic E-state index is -0.327. The summed E-state index contributed by atoms with van der Waals surface area (Å²) in [6.45, 7) is 5.13. The summed E-state index contributed by atoms with van der Waals surface area (Å²) in [6, 6.07) is 6.42. The lowest BCUT2D eigenvalue weighted by Gasteiger charge is -2.32. The molecule has 0 unspecified atom stereocenters. The fourth-order valence-corrected chi connectivity index (χ4v) is 3.46. The number of likely N-dealkylation sites (tertiary alicyclic amines) is 1. The molecule has 24 heavy (non-hydrogen) atoms. The Morgan fingerprint density at radius 2 is 1.58 bits per heavy atom. The van der Waals surface area contributed by atoms with Crippen molar-refractivity contribution < 1.29 is 18.9 Å². The molecule has 0 radical (unpaired) electrons. The molecule has 0 saturated carbocycles. The van der Waals surface area contributed by atoms with Crippen molar-refractivity contribution in [1.29, 1.82) is 0 Å². The molecule has 2 aliphatic rings. The summed E-state index contributed by atoms with van der Waals surface area (Å²) >= 11 is 0. The molecule has 0 aliphatic carbocycles. The van der Waals surface area contributed by atoms with Gasteiger partial charge in [-0.3, -0.25) is 9.59 Å². The normalized spacial score (nSPS) is 18.9. The molecule has 2 saturated heterocycles. The van der Waals surface area contributed by atoms with Crippen LogP contribution in [-0.2, 0) is 16.0 Å². The first kappa shape index (κ1) is 16.9. The van der Waals surface area contributed by atoms with Crippen molar-refractivity contribution in [3.8, 4) is 0 Å². The number of rotatable bonds is 4. The van der Waals surface area contributed by atoms with Crippen LogP contribution in [0.2, 0.25) is 0 Å². The van der Waals surface area contributed by atoms with Crippen molar-refractivity contribution >= 4 is 11.8 Å². The monoisotopic (exact) mass is 334 g/mol. The van der Waals surface area contributed by atoms with Crippen LogP contribution >= 0.6 is 0 Å². The molecule has 0 atom stereocenters. The minimum Gasteiger partial charge on any atom is -0.338 e. The molecule has 2 heterocycles. The van der Waals surface area contributed by atoms with Gasteiger partial charge in [0.2, 0.25) is 5.91 Å². The van der Waals surface area contributed by atoms with Gasteiger partial charge in [0.1, 0.15) is 5.82 Å². The molecule has 2 amide bonds. The molecular formula is C18H25FN3O2+. The van der Waals surface area contributed by atoms with Crippen LogP contribution in [-0.4, -0.2) is 67.4 Å². The first-order valence-corrected chi connectivity index (χ1v) is 8.76. The van der Waals surface area contributed by atoms with E-state index in [9.17, 15) is 14.0 Å². The molecule has 1 aromatic carbocycles. The maximum Gasteiger partial charge on any atom is 0.277 e. The van der Waals surface area contributed by atoms with E-state index >= 15 is 0 Å². The predicted molar refractivity (Wildman–Crippen MR) is 88.1 cm³/mol. The van der Waals surface area contributed by atoms with Gasteiger partial charge in [-0.05, 0) is 24.5 Å². The lowest BCUT2D eigenvalue weighted by atomic mass is 10.1. The van der Waals surface area contributed by atoms with E-state index < -0.39 is 0 Å². The van der Waals surface area contributed by atoms with E-state index in [1.807, 2.05) is 4.90 Å². The van der Waals surface area contributed by atoms with E-state index in [-0.39, 0.29) is 24.1 Å². The van der Waals surface area contributed by atoms with Gasteiger partial charge < -0.3 is 14.7 Å². The number of quaternary nitrogens is 1. The van der Waals surface area contributed by atoms with E-state index in [4.69, 9.17) is 0 Å². The van der Waals surface area contributed by atoms with Crippen LogP contribution in [0.1, 0.15) is 18.4 Å². The number of carbonyl (C=O) groups excluding carboxylic acids is 2. The van der Waals surface area contributed by atoms with Gasteiger partial charge >= 0.3 is 0 Å². The third-order valence-electron chi connectivity index (χ3n) is 4.98. The highest BCUT2D eigenvalue weighted by Crippen LogP contribution is 2.09. The van der Waals surface area contributed by atoms with Gasteiger partial charge in [0.15, 0.2) is 6.54 Å². The van der Waals surface area contributed by atoms with E-state index in [0.717, 1.165) is 39.0 Å². The number of nitrogens with zero attached hydrogens (tertiary/aromatic N) is 2. The number of halogens is 1. The van der Waals surface area contributed by atoms with E-state index in [2.05, 4.69) is 0 Å². The van der Waals surface area contributed by atoms with Crippen LogP contribution in [0.5, 0.6) is 0 Å². The number of benzene rings is 1. The average Bonchev–Trinajstić information content (AvgIpc) is 3.12. The quantitative estimate of drug-likeness (QED) is 0.823. The van der Waals surface area contributed by atoms with Crippen molar-refractivity contribution in [2.45, 2.75) is 19.3 Å². The van der Waals surface area contributed by atoms with Crippen LogP contribution in [0.15, 0.2) is 24.3 Å². The highest BCUT2D eigenvalue weighted by atomic mass is 19.1. The van der Waals surface area contributed by atoms with Gasteiger partial charge in [-0.1, -0.05) is 18.2 Å². The Hall–Kier alpha value is -1.95. The zero-order chi connectivity index (χ0) is 16.9. The summed E-state index contributed by atoms with van der Waals surface area (Å²) in [5, 5.41) is 0. The summed E-state index contributed by atoms with van der Waals surface area (Å²) in [4.78, 5) is 29.5. The molecule has 0 bridgehead atoms. The van der Waals surface area contributed by atoms with Crippen LogP contribution in [0.4, 0.5) is 4.39 Å². The topological polar surface area (TPSA) is 45.1 Å². The van der Waals surface area contributed by atoms with Crippen LogP contribution in [0.3, 0.4) is 0 Å². The molecule has 0 aromatic heterocycles. The molecule has 130 valence electrons. The highest BCUT2D eigenvalue weighted by Gasteiger charge is 2.28. The van der Waals surface area contributed by atoms with Gasteiger partial charge in [0.25, 0.3) is 5.91 Å². The Bertz CT molecular complexity index is 594. The molecule has 6 heteroatoms. The summed E-state index contributed by atoms with van der Waals surface area (Å²) < 4.78 is 13.7. The van der Waals surface area contributed by atoms with Gasteiger partial charge in [-0.2, -0.15) is 0 Å². The number of amides is 2. The minimum absolute atomic E-state index is 0.0370. The maximum atomic E-state index is 13.7. The standard InChI is InChI=1S/C18H24FN3O2/c19-16-6-2-1-5-15(16)13-17(23)22-11-9-20(10-12-22)14-18(24)21-7-3-4-8-21/h1-2,5-6H,3-4,7-14H2/p+1. The van der Waals surface area contributed by atoms with Crippen molar-refractivity contribution in [3.63, 3.8) is 0 Å². The van der Waals surface area contributed by atoms with Crippen LogP contribution in [0.25, 0.3) is 0 Å². The van der Waals surface area contributed by atoms with E-state index in [1.165, 1.54) is 11.0 Å². The van der Waals surface area contributed by atoms with Gasteiger partial charge in [-0.15, -0.1) is 0 Å². The Kier molecular flexibility index (Phi) is 5.45. The molecule has 1 aromatic rings. The first-order chi connectivity index (χ1) is 11.6. The largest absolute Gasteiger partial charge is 0.338 e. The molecule has 2 fully saturated rings. The average molecular weight is 334 g/mol. The van der Waals surface area contributed by atoms with Gasteiger partial charge in [0.05, 0.1) is 32.6 Å². The molecule has 0 spiro atoms. The Balaban J connectivity index is 1.45. The predicted octanol–water partition coefficient (Wildman–Crippen LogP) is -0.282. The smallest absolute Gasteiger partial charge is 0.277 e. The second-order valence-electron chi connectivity index (χ2n) is 6.66. The van der Waals surface area contributed by atoms with Gasteiger partial charge in [-0.25, -0.2) is 4.39 Å². The summed E-state index contributed by atoms with van der Waals surface area (Å²) in [6.07, 6.45) is 2.33. The van der Waals surface area contributed by atoms with E-state index in [0.29, 0.717) is 25.2 Å². The summed E-state index contributed by atoms with van der Waals surface area (Å²) in [7, 11) is 0. The van der Waals surface area contributed by atoms with Crippen molar-refractivity contribution in [2.24, 2.45) is 0 Å². The Labute approximate surface area is 142 Å². The highest BCUT2D eigenvalue weighted by molar-refractivity contribution is 5.79. The SMILES string of the molecule is O=C(Cc1ccccc1F)N1CC[NH+](CC(=O)N2CCCC2)CC1. The van der Waals surface area contributed by atoms with Crippen molar-refractivity contribution in [2.75, 3.05) is 45.8 Å². The Morgan fingerprint density at radius 3 is 2.25 bits per heavy atom. The van der Waals surface area contributed by atoms with Crippen molar-refractivity contribution in [1.82, 2.24) is 9.80 Å². The number of piperazine rings is 1. The second kappa shape index (κ2) is 7.75. The van der Waals surface area contributed by atoms with Gasteiger partial charge in [0, 0.05) is 13.1 Å². The molecule has 2 aliphatic heterocycles. The third kappa shape index (κ3) is 4.12. The lowest BCUT2D eigenvalue weighted by molar-refractivity contribution is -0.896. The first-order valence-electron chi connectivity index (χ1n) is 8.76. The van der Waals surface area contributed by atoms with Crippen LogP contribution < -0.4 is 4.90 Å². The zero-order valence-corrected chi connectivity index (χ0v) is 14.0. The summed E-state index contributed by atoms with van der Waals surface area (Å²) in [5.41, 5.74) is 0.446. The zero-order valence-electron chi connectivity index (χ0n) is 14.0. The number of carbonyl (C=O) groups is 2. The number of nitrogens with one attached hydrogen (secondary N) is 1. The third-order valence-corrected chi connectivity index (χ3v) is 4.98. The summed E-state index contributed by atoms with van der Waals surface area (Å²) in [5.74, 6) is -0.134. The second-order valence-corrected chi connectivity index (χ2v) is 6.66. The molecule has 3 rings (SSSR count). The number of hydrogen-bond donors (Lipinski definition) is 1. The number of hydrogen-bond acceptors (Lipinski definition) is 2. The lowest BCUT2D eigenvalue weighted by Crippen LogP contribution is -3.15. The molecule has 1 N–H and O–H groups in total. The van der Waals surface area contributed by atoms with Crippen molar-refractivity contribution in [3.05, 3.63) is 35.6 Å². The molecule has 5 nitrogen and oxygen atoms in total. The fourth-order valence-electron chi connectivity index (χ4n) is 3.46. The maximum absolute atomic E-state index is 13.7. The Morgan fingerprint density at radius 1 is 0.958 bits per heavy atom. The fraction of sp³-hybridized carbons (Fsp3) is 0.556.